The molecule has 0 unspecified atom stereocenters. The van der Waals surface area contributed by atoms with Crippen LogP contribution in [0.2, 0.25) is 0 Å². The first-order valence-corrected chi connectivity index (χ1v) is 8.51. The van der Waals surface area contributed by atoms with E-state index >= 15 is 0 Å². The van der Waals surface area contributed by atoms with Crippen LogP contribution in [0.15, 0.2) is 0 Å². The molecule has 4 aliphatic heterocycles. The topological polar surface area (TPSA) is 36.9 Å². The molecule has 0 N–H and O–H groups in total. The van der Waals surface area contributed by atoms with Crippen molar-refractivity contribution in [3.05, 3.63) is 0 Å². The highest BCUT2D eigenvalue weighted by Crippen LogP contribution is 2.61. The molecule has 0 amide bonds. The second-order valence-electron chi connectivity index (χ2n) is 8.42. The van der Waals surface area contributed by atoms with Crippen molar-refractivity contribution in [1.82, 2.24) is 0 Å². The molecule has 5 fully saturated rings. The number of rotatable bonds is 0. The zero-order valence-corrected chi connectivity index (χ0v) is 13.8. The van der Waals surface area contributed by atoms with Crippen molar-refractivity contribution < 1.29 is 19.2 Å². The van der Waals surface area contributed by atoms with Gasteiger partial charge >= 0.3 is 0 Å². The smallest absolute Gasteiger partial charge is 0.201 e. The summed E-state index contributed by atoms with van der Waals surface area (Å²) in [7, 11) is 0. The average molecular weight is 296 g/mol. The standard InChI is InChI=1S/C17H28O4/c1-10-6-7-13-11(2)15(3,4)18-14-17(13)12(10)8-9-16(5,19-14)20-21-17/h10-14H,6-9H2,1-5H3/t10-,11-,12+,13+,14-,16+,17-/m1/s1. The van der Waals surface area contributed by atoms with Gasteiger partial charge in [0.05, 0.1) is 5.60 Å². The summed E-state index contributed by atoms with van der Waals surface area (Å²) in [6, 6.07) is 0. The van der Waals surface area contributed by atoms with Gasteiger partial charge < -0.3 is 9.47 Å². The van der Waals surface area contributed by atoms with Gasteiger partial charge in [0.2, 0.25) is 5.79 Å². The Morgan fingerprint density at radius 2 is 1.62 bits per heavy atom. The fourth-order valence-electron chi connectivity index (χ4n) is 5.25. The molecule has 4 nitrogen and oxygen atoms in total. The lowest BCUT2D eigenvalue weighted by Gasteiger charge is -2.62. The Hall–Kier alpha value is -0.160. The number of fused-ring (bicyclic) bond motifs is 2. The molecule has 2 bridgehead atoms. The lowest BCUT2D eigenvalue weighted by molar-refractivity contribution is -0.575. The highest BCUT2D eigenvalue weighted by atomic mass is 17.3. The maximum atomic E-state index is 6.42. The van der Waals surface area contributed by atoms with Gasteiger partial charge in [0, 0.05) is 12.3 Å². The van der Waals surface area contributed by atoms with Gasteiger partial charge in [-0.15, -0.1) is 0 Å². The van der Waals surface area contributed by atoms with Gasteiger partial charge in [-0.05, 0) is 57.8 Å². The van der Waals surface area contributed by atoms with Gasteiger partial charge in [-0.2, -0.15) is 0 Å². The summed E-state index contributed by atoms with van der Waals surface area (Å²) < 4.78 is 12.7. The summed E-state index contributed by atoms with van der Waals surface area (Å²) in [6.45, 7) is 11.0. The van der Waals surface area contributed by atoms with Crippen LogP contribution in [0.3, 0.4) is 0 Å². The first-order valence-electron chi connectivity index (χ1n) is 8.51. The molecule has 0 aromatic rings. The number of hydrogen-bond donors (Lipinski definition) is 0. The van der Waals surface area contributed by atoms with Crippen molar-refractivity contribution in [3.63, 3.8) is 0 Å². The van der Waals surface area contributed by atoms with Crippen LogP contribution in [0.4, 0.5) is 0 Å². The molecular weight excluding hydrogens is 268 g/mol. The molecular formula is C17H28O4. The van der Waals surface area contributed by atoms with E-state index in [0.717, 1.165) is 12.8 Å². The van der Waals surface area contributed by atoms with Crippen LogP contribution >= 0.6 is 0 Å². The third kappa shape index (κ3) is 1.76. The number of hydrogen-bond acceptors (Lipinski definition) is 4. The highest BCUT2D eigenvalue weighted by molar-refractivity contribution is 5.11. The largest absolute Gasteiger partial charge is 0.343 e. The Labute approximate surface area is 127 Å². The minimum atomic E-state index is -0.659. The van der Waals surface area contributed by atoms with E-state index < -0.39 is 11.4 Å². The van der Waals surface area contributed by atoms with Gasteiger partial charge in [0.25, 0.3) is 0 Å². The van der Waals surface area contributed by atoms with E-state index in [1.807, 2.05) is 6.92 Å². The molecule has 4 heterocycles. The molecule has 5 rings (SSSR count). The molecule has 1 aliphatic carbocycles. The zero-order chi connectivity index (χ0) is 15.0. The molecule has 4 saturated heterocycles. The van der Waals surface area contributed by atoms with E-state index in [1.54, 1.807) is 0 Å². The quantitative estimate of drug-likeness (QED) is 0.639. The van der Waals surface area contributed by atoms with E-state index in [-0.39, 0.29) is 11.9 Å². The van der Waals surface area contributed by atoms with Crippen LogP contribution < -0.4 is 0 Å². The van der Waals surface area contributed by atoms with Crippen molar-refractivity contribution in [2.45, 2.75) is 83.6 Å². The van der Waals surface area contributed by atoms with Crippen LogP contribution in [0, 0.1) is 23.7 Å². The molecule has 7 atom stereocenters. The Kier molecular flexibility index (Phi) is 2.90. The van der Waals surface area contributed by atoms with Crippen LogP contribution in [0.5, 0.6) is 0 Å². The minimum absolute atomic E-state index is 0.185. The third-order valence-corrected chi connectivity index (χ3v) is 6.89. The first-order chi connectivity index (χ1) is 9.79. The Balaban J connectivity index is 1.83. The molecule has 4 heteroatoms. The monoisotopic (exact) mass is 296 g/mol. The highest BCUT2D eigenvalue weighted by Gasteiger charge is 2.70. The van der Waals surface area contributed by atoms with E-state index in [4.69, 9.17) is 19.2 Å². The van der Waals surface area contributed by atoms with E-state index in [0.29, 0.717) is 23.7 Å². The lowest BCUT2D eigenvalue weighted by atomic mass is 9.56. The molecule has 0 aromatic carbocycles. The van der Waals surface area contributed by atoms with Gasteiger partial charge in [-0.3, -0.25) is 0 Å². The van der Waals surface area contributed by atoms with Gasteiger partial charge in [-0.1, -0.05) is 13.8 Å². The summed E-state index contributed by atoms with van der Waals surface area (Å²) in [4.78, 5) is 11.9. The molecule has 0 aromatic heterocycles. The molecule has 120 valence electrons. The van der Waals surface area contributed by atoms with E-state index in [9.17, 15) is 0 Å². The number of ether oxygens (including phenoxy) is 2. The van der Waals surface area contributed by atoms with Crippen LogP contribution in [0.1, 0.15) is 60.3 Å². The SMILES string of the molecule is C[C@@H]1CC[C@H]2[C@@H](C)C(C)(C)O[C@@H]3O[C@]4(C)CC[C@@H]1[C@]32OO4. The van der Waals surface area contributed by atoms with Crippen molar-refractivity contribution in [2.75, 3.05) is 0 Å². The van der Waals surface area contributed by atoms with Crippen molar-refractivity contribution >= 4 is 0 Å². The normalized spacial score (nSPS) is 58.4. The fraction of sp³-hybridized carbons (Fsp3) is 1.00. The Morgan fingerprint density at radius 3 is 2.38 bits per heavy atom. The first kappa shape index (κ1) is 14.4. The molecule has 1 spiro atoms. The van der Waals surface area contributed by atoms with E-state index in [2.05, 4.69) is 27.7 Å². The summed E-state index contributed by atoms with van der Waals surface area (Å²) in [5.74, 6) is 1.31. The zero-order valence-electron chi connectivity index (χ0n) is 13.8. The molecule has 21 heavy (non-hydrogen) atoms. The predicted octanol–water partition coefficient (Wildman–Crippen LogP) is 3.65. The van der Waals surface area contributed by atoms with Gasteiger partial charge in [0.1, 0.15) is 0 Å². The Morgan fingerprint density at radius 1 is 0.857 bits per heavy atom. The van der Waals surface area contributed by atoms with Crippen molar-refractivity contribution in [2.24, 2.45) is 23.7 Å². The summed E-state index contributed by atoms with van der Waals surface area (Å²) in [6.07, 6.45) is 4.12. The van der Waals surface area contributed by atoms with Crippen LogP contribution in [-0.2, 0) is 19.2 Å². The van der Waals surface area contributed by atoms with Crippen molar-refractivity contribution in [3.8, 4) is 0 Å². The third-order valence-electron chi connectivity index (χ3n) is 6.89. The summed E-state index contributed by atoms with van der Waals surface area (Å²) in [5.41, 5.74) is -0.599. The average Bonchev–Trinajstić information content (AvgIpc) is 2.62. The maximum absolute atomic E-state index is 6.42. The lowest BCUT2D eigenvalue weighted by Crippen LogP contribution is -2.72. The second-order valence-corrected chi connectivity index (χ2v) is 8.42. The molecule has 5 aliphatic rings. The molecule has 1 saturated carbocycles. The van der Waals surface area contributed by atoms with Crippen LogP contribution in [0.25, 0.3) is 0 Å². The predicted molar refractivity (Wildman–Crippen MR) is 77.1 cm³/mol. The summed E-state index contributed by atoms with van der Waals surface area (Å²) in [5, 5.41) is 0. The minimum Gasteiger partial charge on any atom is -0.343 e. The van der Waals surface area contributed by atoms with Gasteiger partial charge in [-0.25, -0.2) is 9.78 Å². The Bertz CT molecular complexity index is 450. The van der Waals surface area contributed by atoms with E-state index in [1.165, 1.54) is 12.8 Å². The fourth-order valence-corrected chi connectivity index (χ4v) is 5.25. The summed E-state index contributed by atoms with van der Waals surface area (Å²) >= 11 is 0. The maximum Gasteiger partial charge on any atom is 0.201 e. The van der Waals surface area contributed by atoms with Crippen molar-refractivity contribution in [1.29, 1.82) is 0 Å². The van der Waals surface area contributed by atoms with Gasteiger partial charge in [0.15, 0.2) is 11.9 Å². The molecule has 0 radical (unpaired) electrons. The second kappa shape index (κ2) is 4.22. The van der Waals surface area contributed by atoms with Crippen LogP contribution in [-0.4, -0.2) is 23.3 Å².